The van der Waals surface area contributed by atoms with E-state index in [0.717, 1.165) is 8.95 Å². The van der Waals surface area contributed by atoms with E-state index in [-0.39, 0.29) is 0 Å². The first kappa shape index (κ1) is 12.0. The zero-order valence-corrected chi connectivity index (χ0v) is 11.4. The van der Waals surface area contributed by atoms with E-state index >= 15 is 0 Å². The Balaban J connectivity index is 2.77. The van der Waals surface area contributed by atoms with Gasteiger partial charge in [0.15, 0.2) is 0 Å². The van der Waals surface area contributed by atoms with Gasteiger partial charge >= 0.3 is 0 Å². The van der Waals surface area contributed by atoms with Crippen LogP contribution >= 0.6 is 31.9 Å². The summed E-state index contributed by atoms with van der Waals surface area (Å²) in [6.07, 6.45) is 4.24. The Hall–Kier alpha value is -0.120. The number of halogens is 2. The second kappa shape index (κ2) is 5.69. The average molecular weight is 319 g/mol. The standard InChI is InChI=1S/C11H13Br2N/c1-8(14-2)3-4-9-5-6-10(12)11(13)7-9/h3-8,14H,1-2H3/b4-3+. The van der Waals surface area contributed by atoms with Crippen LogP contribution in [0.2, 0.25) is 0 Å². The highest BCUT2D eigenvalue weighted by Gasteiger charge is 1.96. The molecule has 0 fully saturated rings. The van der Waals surface area contributed by atoms with Gasteiger partial charge in [0.1, 0.15) is 0 Å². The smallest absolute Gasteiger partial charge is 0.0323 e. The summed E-state index contributed by atoms with van der Waals surface area (Å²) < 4.78 is 2.16. The van der Waals surface area contributed by atoms with E-state index in [9.17, 15) is 0 Å². The third kappa shape index (κ3) is 3.56. The summed E-state index contributed by atoms with van der Waals surface area (Å²) in [6.45, 7) is 2.12. The molecule has 14 heavy (non-hydrogen) atoms. The second-order valence-electron chi connectivity index (χ2n) is 3.11. The van der Waals surface area contributed by atoms with Gasteiger partial charge in [-0.2, -0.15) is 0 Å². The number of nitrogens with one attached hydrogen (secondary N) is 1. The third-order valence-electron chi connectivity index (χ3n) is 1.98. The van der Waals surface area contributed by atoms with Crippen molar-refractivity contribution in [3.05, 3.63) is 38.8 Å². The molecular formula is C11H13Br2N. The lowest BCUT2D eigenvalue weighted by Crippen LogP contribution is -2.17. The molecule has 1 unspecified atom stereocenters. The lowest BCUT2D eigenvalue weighted by Gasteiger charge is -2.03. The van der Waals surface area contributed by atoms with Crippen molar-refractivity contribution in [2.45, 2.75) is 13.0 Å². The Kier molecular flexibility index (Phi) is 4.85. The Morgan fingerprint density at radius 3 is 2.57 bits per heavy atom. The van der Waals surface area contributed by atoms with Crippen LogP contribution in [0.15, 0.2) is 33.2 Å². The van der Waals surface area contributed by atoms with Crippen LogP contribution in [0.25, 0.3) is 6.08 Å². The molecule has 0 saturated heterocycles. The van der Waals surface area contributed by atoms with Gasteiger partial charge in [-0.25, -0.2) is 0 Å². The number of hydrogen-bond acceptors (Lipinski definition) is 1. The summed E-state index contributed by atoms with van der Waals surface area (Å²) >= 11 is 6.91. The zero-order valence-electron chi connectivity index (χ0n) is 8.22. The normalized spacial score (nSPS) is 13.4. The van der Waals surface area contributed by atoms with Crippen LogP contribution in [0.4, 0.5) is 0 Å². The fourth-order valence-electron chi connectivity index (χ4n) is 0.968. The van der Waals surface area contributed by atoms with Crippen LogP contribution in [-0.2, 0) is 0 Å². The predicted molar refractivity (Wildman–Crippen MR) is 69.4 cm³/mol. The summed E-state index contributed by atoms with van der Waals surface area (Å²) in [5.74, 6) is 0. The minimum absolute atomic E-state index is 0.400. The van der Waals surface area contributed by atoms with Gasteiger partial charge < -0.3 is 5.32 Å². The van der Waals surface area contributed by atoms with Crippen molar-refractivity contribution in [1.82, 2.24) is 5.32 Å². The van der Waals surface area contributed by atoms with E-state index in [2.05, 4.69) is 68.4 Å². The van der Waals surface area contributed by atoms with Gasteiger partial charge in [-0.1, -0.05) is 18.2 Å². The average Bonchev–Trinajstić information content (AvgIpc) is 2.19. The summed E-state index contributed by atoms with van der Waals surface area (Å²) in [5.41, 5.74) is 1.20. The molecule has 1 rings (SSSR count). The topological polar surface area (TPSA) is 12.0 Å². The molecule has 0 amide bonds. The maximum Gasteiger partial charge on any atom is 0.0323 e. The van der Waals surface area contributed by atoms with E-state index in [4.69, 9.17) is 0 Å². The van der Waals surface area contributed by atoms with Crippen LogP contribution in [0.1, 0.15) is 12.5 Å². The molecule has 76 valence electrons. The quantitative estimate of drug-likeness (QED) is 0.893. The fourth-order valence-corrected chi connectivity index (χ4v) is 1.61. The molecule has 1 nitrogen and oxygen atoms in total. The second-order valence-corrected chi connectivity index (χ2v) is 4.82. The maximum atomic E-state index is 3.47. The molecule has 0 saturated carbocycles. The van der Waals surface area contributed by atoms with Crippen molar-refractivity contribution >= 4 is 37.9 Å². The molecule has 1 aromatic carbocycles. The SMILES string of the molecule is CNC(C)/C=C/c1ccc(Br)c(Br)c1. The van der Waals surface area contributed by atoms with Crippen molar-refractivity contribution in [1.29, 1.82) is 0 Å². The largest absolute Gasteiger partial charge is 0.314 e. The van der Waals surface area contributed by atoms with E-state index in [1.807, 2.05) is 13.1 Å². The van der Waals surface area contributed by atoms with Gasteiger partial charge in [0.2, 0.25) is 0 Å². The molecule has 0 aromatic heterocycles. The number of rotatable bonds is 3. The summed E-state index contributed by atoms with van der Waals surface area (Å²) in [4.78, 5) is 0. The minimum atomic E-state index is 0.400. The molecule has 0 spiro atoms. The summed E-state index contributed by atoms with van der Waals surface area (Å²) in [6, 6.07) is 6.60. The van der Waals surface area contributed by atoms with Crippen molar-refractivity contribution in [2.24, 2.45) is 0 Å². The maximum absolute atomic E-state index is 3.47. The van der Waals surface area contributed by atoms with Gasteiger partial charge in [0.05, 0.1) is 0 Å². The number of likely N-dealkylation sites (N-methyl/N-ethyl adjacent to an activating group) is 1. The van der Waals surface area contributed by atoms with Crippen LogP contribution in [0, 0.1) is 0 Å². The Morgan fingerprint density at radius 2 is 2.00 bits per heavy atom. The molecule has 0 bridgehead atoms. The van der Waals surface area contributed by atoms with Gasteiger partial charge in [-0.3, -0.25) is 0 Å². The lowest BCUT2D eigenvalue weighted by molar-refractivity contribution is 0.731. The molecule has 0 aliphatic heterocycles. The molecule has 0 aliphatic rings. The van der Waals surface area contributed by atoms with Crippen LogP contribution in [0.3, 0.4) is 0 Å². The van der Waals surface area contributed by atoms with Crippen LogP contribution in [0.5, 0.6) is 0 Å². The van der Waals surface area contributed by atoms with Crippen LogP contribution < -0.4 is 5.32 Å². The van der Waals surface area contributed by atoms with E-state index in [0.29, 0.717) is 6.04 Å². The summed E-state index contributed by atoms with van der Waals surface area (Å²) in [7, 11) is 1.95. The monoisotopic (exact) mass is 317 g/mol. The van der Waals surface area contributed by atoms with Crippen molar-refractivity contribution in [3.63, 3.8) is 0 Å². The fraction of sp³-hybridized carbons (Fsp3) is 0.273. The predicted octanol–water partition coefficient (Wildman–Crippen LogP) is 3.83. The van der Waals surface area contributed by atoms with Gasteiger partial charge in [-0.15, -0.1) is 0 Å². The molecule has 3 heteroatoms. The molecule has 1 N–H and O–H groups in total. The first-order chi connectivity index (χ1) is 6.63. The Morgan fingerprint density at radius 1 is 1.29 bits per heavy atom. The Labute approximate surface area is 102 Å². The lowest BCUT2D eigenvalue weighted by atomic mass is 10.2. The highest BCUT2D eigenvalue weighted by atomic mass is 79.9. The van der Waals surface area contributed by atoms with Crippen molar-refractivity contribution < 1.29 is 0 Å². The first-order valence-corrected chi connectivity index (χ1v) is 6.02. The molecule has 1 aromatic rings. The zero-order chi connectivity index (χ0) is 10.6. The minimum Gasteiger partial charge on any atom is -0.314 e. The molecule has 1 atom stereocenters. The molecular weight excluding hydrogens is 306 g/mol. The van der Waals surface area contributed by atoms with Crippen molar-refractivity contribution in [3.8, 4) is 0 Å². The Bertz CT molecular complexity index is 334. The number of hydrogen-bond donors (Lipinski definition) is 1. The third-order valence-corrected chi connectivity index (χ3v) is 3.86. The van der Waals surface area contributed by atoms with Crippen molar-refractivity contribution in [2.75, 3.05) is 7.05 Å². The summed E-state index contributed by atoms with van der Waals surface area (Å²) in [5, 5.41) is 3.15. The van der Waals surface area contributed by atoms with Gasteiger partial charge in [0, 0.05) is 15.0 Å². The molecule has 0 aliphatic carbocycles. The molecule has 0 radical (unpaired) electrons. The number of benzene rings is 1. The van der Waals surface area contributed by atoms with E-state index < -0.39 is 0 Å². The highest BCUT2D eigenvalue weighted by molar-refractivity contribution is 9.13. The van der Waals surface area contributed by atoms with E-state index in [1.165, 1.54) is 5.56 Å². The van der Waals surface area contributed by atoms with E-state index in [1.54, 1.807) is 0 Å². The first-order valence-electron chi connectivity index (χ1n) is 4.44. The van der Waals surface area contributed by atoms with Gasteiger partial charge in [-0.05, 0) is 63.5 Å². The van der Waals surface area contributed by atoms with Crippen LogP contribution in [-0.4, -0.2) is 13.1 Å². The van der Waals surface area contributed by atoms with Gasteiger partial charge in [0.25, 0.3) is 0 Å². The highest BCUT2D eigenvalue weighted by Crippen LogP contribution is 2.24. The molecule has 0 heterocycles.